The van der Waals surface area contributed by atoms with Gasteiger partial charge in [-0.2, -0.15) is 0 Å². The van der Waals surface area contributed by atoms with Gasteiger partial charge < -0.3 is 5.73 Å². The van der Waals surface area contributed by atoms with E-state index in [1.807, 2.05) is 0 Å². The van der Waals surface area contributed by atoms with Gasteiger partial charge in [-0.15, -0.1) is 11.6 Å². The van der Waals surface area contributed by atoms with Gasteiger partial charge in [0.2, 0.25) is 0 Å². The van der Waals surface area contributed by atoms with Crippen LogP contribution in [0, 0.1) is 0 Å². The second-order valence-electron chi connectivity index (χ2n) is 2.54. The minimum absolute atomic E-state index is 0.827. The van der Waals surface area contributed by atoms with Gasteiger partial charge in [-0.3, -0.25) is 0 Å². The van der Waals surface area contributed by atoms with Crippen LogP contribution in [-0.2, 0) is 0 Å². The van der Waals surface area contributed by atoms with E-state index in [4.69, 9.17) is 17.3 Å². The first-order chi connectivity index (χ1) is 5.33. The van der Waals surface area contributed by atoms with Gasteiger partial charge in [0.05, 0.1) is 0 Å². The van der Waals surface area contributed by atoms with E-state index >= 15 is 0 Å². The number of unbranched alkanes of at least 4 members (excludes halogenated alkanes) is 3. The zero-order valence-electron chi connectivity index (χ0n) is 7.91. The Bertz CT molecular complexity index is 42.8. The fraction of sp³-hybridized carbons (Fsp3) is 1.00. The third-order valence-electron chi connectivity index (χ3n) is 1.29. The van der Waals surface area contributed by atoms with Crippen molar-refractivity contribution in [3.8, 4) is 0 Å². The van der Waals surface area contributed by atoms with E-state index in [2.05, 4.69) is 13.8 Å². The van der Waals surface area contributed by atoms with E-state index in [9.17, 15) is 0 Å². The molecule has 1 nitrogen and oxygen atoms in total. The van der Waals surface area contributed by atoms with E-state index in [1.54, 1.807) is 0 Å². The van der Waals surface area contributed by atoms with Crippen LogP contribution in [-0.4, -0.2) is 12.4 Å². The summed E-state index contributed by atoms with van der Waals surface area (Å²) in [5.41, 5.74) is 5.14. The Kier molecular flexibility index (Phi) is 21.0. The molecule has 2 heteroatoms. The highest BCUT2D eigenvalue weighted by Crippen LogP contribution is 1.93. The molecule has 0 atom stereocenters. The Balaban J connectivity index is 0. The number of hydrogen-bond acceptors (Lipinski definition) is 1. The molecule has 70 valence electrons. The minimum Gasteiger partial charge on any atom is -0.330 e. The normalized spacial score (nSPS) is 8.73. The Hall–Kier alpha value is 0.250. The van der Waals surface area contributed by atoms with Crippen LogP contribution in [0.5, 0.6) is 0 Å². The summed E-state index contributed by atoms with van der Waals surface area (Å²) in [6.45, 7) is 5.15. The third kappa shape index (κ3) is 25.3. The van der Waals surface area contributed by atoms with Gasteiger partial charge in [0.15, 0.2) is 0 Å². The molecule has 0 aromatic heterocycles. The van der Waals surface area contributed by atoms with Gasteiger partial charge in [-0.1, -0.05) is 33.1 Å². The summed E-state index contributed by atoms with van der Waals surface area (Å²) in [5.74, 6) is 0.827. The number of alkyl halides is 1. The van der Waals surface area contributed by atoms with Crippen molar-refractivity contribution in [3.05, 3.63) is 0 Å². The molecule has 0 amide bonds. The molecular formula is C9H22ClN. The maximum absolute atomic E-state index is 5.38. The van der Waals surface area contributed by atoms with E-state index in [0.29, 0.717) is 0 Å². The molecule has 2 N–H and O–H groups in total. The molecule has 0 aromatic carbocycles. The summed E-state index contributed by atoms with van der Waals surface area (Å²) in [5, 5.41) is 0. The summed E-state index contributed by atoms with van der Waals surface area (Å²) in [6.07, 6.45) is 6.12. The monoisotopic (exact) mass is 179 g/mol. The van der Waals surface area contributed by atoms with Crippen molar-refractivity contribution >= 4 is 11.6 Å². The molecule has 0 unspecified atom stereocenters. The molecule has 11 heavy (non-hydrogen) atoms. The first kappa shape index (κ1) is 13.8. The second kappa shape index (κ2) is 16.7. The van der Waals surface area contributed by atoms with Gasteiger partial charge in [-0.25, -0.2) is 0 Å². The lowest BCUT2D eigenvalue weighted by Crippen LogP contribution is -1.95. The number of rotatable bonds is 5. The lowest BCUT2D eigenvalue weighted by Gasteiger charge is -1.84. The average molecular weight is 180 g/mol. The number of nitrogens with two attached hydrogens (primary N) is 1. The highest BCUT2D eigenvalue weighted by Gasteiger charge is 1.76. The largest absolute Gasteiger partial charge is 0.330 e. The highest BCUT2D eigenvalue weighted by molar-refractivity contribution is 6.17. The van der Waals surface area contributed by atoms with Crippen molar-refractivity contribution in [3.63, 3.8) is 0 Å². The van der Waals surface area contributed by atoms with Gasteiger partial charge in [0.25, 0.3) is 0 Å². The van der Waals surface area contributed by atoms with Crippen LogP contribution < -0.4 is 5.73 Å². The topological polar surface area (TPSA) is 26.0 Å². The predicted octanol–water partition coefficient (Wildman–Crippen LogP) is 3.16. The van der Waals surface area contributed by atoms with E-state index < -0.39 is 0 Å². The molecule has 0 fully saturated rings. The first-order valence-electron chi connectivity index (χ1n) is 4.59. The summed E-state index contributed by atoms with van der Waals surface area (Å²) in [6, 6.07) is 0. The van der Waals surface area contributed by atoms with Crippen LogP contribution in [0.3, 0.4) is 0 Å². The fourth-order valence-electron chi connectivity index (χ4n) is 0.549. The molecule has 0 heterocycles. The summed E-state index contributed by atoms with van der Waals surface area (Å²) >= 11 is 5.38. The molecular weight excluding hydrogens is 158 g/mol. The number of halogens is 1. The van der Waals surface area contributed by atoms with Crippen LogP contribution in [0.2, 0.25) is 0 Å². The smallest absolute Gasteiger partial charge is 0.0223 e. The Labute approximate surface area is 76.3 Å². The maximum atomic E-state index is 5.38. The molecule has 0 rings (SSSR count). The summed E-state index contributed by atoms with van der Waals surface area (Å²) in [7, 11) is 0. The van der Waals surface area contributed by atoms with Crippen molar-refractivity contribution in [1.82, 2.24) is 0 Å². The fourth-order valence-corrected chi connectivity index (χ4v) is 0.738. The van der Waals surface area contributed by atoms with E-state index in [-0.39, 0.29) is 0 Å². The molecule has 0 aliphatic heterocycles. The number of hydrogen-bond donors (Lipinski definition) is 1. The van der Waals surface area contributed by atoms with Gasteiger partial charge in [0, 0.05) is 5.88 Å². The quantitative estimate of drug-likeness (QED) is 0.509. The van der Waals surface area contributed by atoms with Crippen molar-refractivity contribution < 1.29 is 0 Å². The first-order valence-corrected chi connectivity index (χ1v) is 5.12. The summed E-state index contributed by atoms with van der Waals surface area (Å²) in [4.78, 5) is 0. The van der Waals surface area contributed by atoms with Crippen LogP contribution >= 0.6 is 11.6 Å². The van der Waals surface area contributed by atoms with Crippen molar-refractivity contribution in [1.29, 1.82) is 0 Å². The highest BCUT2D eigenvalue weighted by atomic mass is 35.5. The predicted molar refractivity (Wildman–Crippen MR) is 54.2 cm³/mol. The Morgan fingerprint density at radius 3 is 1.64 bits per heavy atom. The average Bonchev–Trinajstić information content (AvgIpc) is 2.04. The molecule has 0 aliphatic rings. The standard InChI is InChI=1S/C5H11Cl.C4H11N/c1-2-3-4-5-6;1-2-3-4-5/h2-5H2,1H3;2-5H2,1H3. The minimum atomic E-state index is 0.827. The van der Waals surface area contributed by atoms with Crippen LogP contribution in [0.25, 0.3) is 0 Å². The third-order valence-corrected chi connectivity index (χ3v) is 1.56. The molecule has 0 radical (unpaired) electrons. The van der Waals surface area contributed by atoms with Gasteiger partial charge in [-0.05, 0) is 19.4 Å². The maximum Gasteiger partial charge on any atom is 0.0223 e. The molecule has 0 bridgehead atoms. The van der Waals surface area contributed by atoms with Gasteiger partial charge in [0.1, 0.15) is 0 Å². The molecule has 0 aromatic rings. The lowest BCUT2D eigenvalue weighted by molar-refractivity contribution is 0.776. The molecule has 0 saturated carbocycles. The van der Waals surface area contributed by atoms with Crippen molar-refractivity contribution in [2.45, 2.75) is 46.0 Å². The van der Waals surface area contributed by atoms with Crippen LogP contribution in [0.1, 0.15) is 46.0 Å². The molecule has 0 aliphatic carbocycles. The van der Waals surface area contributed by atoms with Gasteiger partial charge >= 0.3 is 0 Å². The van der Waals surface area contributed by atoms with E-state index in [1.165, 1.54) is 32.1 Å². The molecule has 0 spiro atoms. The lowest BCUT2D eigenvalue weighted by atomic mass is 10.3. The Morgan fingerprint density at radius 1 is 1.00 bits per heavy atom. The zero-order valence-corrected chi connectivity index (χ0v) is 8.66. The zero-order chi connectivity index (χ0) is 8.95. The SMILES string of the molecule is CCCCCCl.CCCCN. The van der Waals surface area contributed by atoms with Crippen molar-refractivity contribution in [2.75, 3.05) is 12.4 Å². The van der Waals surface area contributed by atoms with Crippen molar-refractivity contribution in [2.24, 2.45) is 5.73 Å². The summed E-state index contributed by atoms with van der Waals surface area (Å²) < 4.78 is 0. The van der Waals surface area contributed by atoms with E-state index in [0.717, 1.165) is 12.4 Å². The Morgan fingerprint density at radius 2 is 1.55 bits per heavy atom. The second-order valence-corrected chi connectivity index (χ2v) is 2.92. The molecule has 0 saturated heterocycles. The van der Waals surface area contributed by atoms with Crippen LogP contribution in [0.15, 0.2) is 0 Å². The van der Waals surface area contributed by atoms with Crippen LogP contribution in [0.4, 0.5) is 0 Å².